The van der Waals surface area contributed by atoms with Gasteiger partial charge in [-0.1, -0.05) is 0 Å². The van der Waals surface area contributed by atoms with E-state index >= 15 is 0 Å². The Hall–Kier alpha value is -2.73. The number of methoxy groups -OCH3 is 1. The minimum Gasteiger partial charge on any atom is -0.380 e. The van der Waals surface area contributed by atoms with Crippen LogP contribution >= 0.6 is 0 Å². The molecule has 7 nitrogen and oxygen atoms in total. The van der Waals surface area contributed by atoms with Gasteiger partial charge in [-0.05, 0) is 19.1 Å². The second kappa shape index (κ2) is 6.64. The highest BCUT2D eigenvalue weighted by Gasteiger charge is 2.39. The Morgan fingerprint density at radius 2 is 2.12 bits per heavy atom. The Labute approximate surface area is 142 Å². The van der Waals surface area contributed by atoms with Crippen LogP contribution in [0.3, 0.4) is 0 Å². The number of H-pyrrole nitrogens is 1. The highest BCUT2D eigenvalue weighted by atomic mass is 19.1. The number of rotatable bonds is 4. The van der Waals surface area contributed by atoms with E-state index in [1.54, 1.807) is 13.0 Å². The average Bonchev–Trinajstić information content (AvgIpc) is 3.17. The number of ether oxygens (including phenoxy) is 1. The minimum absolute atomic E-state index is 0.0944. The summed E-state index contributed by atoms with van der Waals surface area (Å²) in [6, 6.07) is 3.18. The van der Waals surface area contributed by atoms with Crippen LogP contribution in [0.5, 0.6) is 0 Å². The molecule has 1 N–H and O–H groups in total. The topological polar surface area (TPSA) is 86.9 Å². The number of nitrogens with zero attached hydrogens (tertiary/aromatic N) is 4. The van der Waals surface area contributed by atoms with Gasteiger partial charge in [0, 0.05) is 26.6 Å². The number of nitrogens with one attached hydrogen (secondary N) is 1. The van der Waals surface area contributed by atoms with E-state index in [0.29, 0.717) is 18.8 Å². The fourth-order valence-corrected chi connectivity index (χ4v) is 3.25. The first-order chi connectivity index (χ1) is 12.0. The molecule has 2 heterocycles. The second-order valence-corrected chi connectivity index (χ2v) is 5.79. The maximum atomic E-state index is 14.5. The summed E-state index contributed by atoms with van der Waals surface area (Å²) in [7, 11) is 1.52. The van der Waals surface area contributed by atoms with Gasteiger partial charge in [0.05, 0.1) is 23.8 Å². The number of hydrogen-bond donors (Lipinski definition) is 1. The van der Waals surface area contributed by atoms with Crippen LogP contribution in [0.4, 0.5) is 14.5 Å². The molecule has 1 aromatic carbocycles. The largest absolute Gasteiger partial charge is 0.380 e. The van der Waals surface area contributed by atoms with Gasteiger partial charge in [-0.3, -0.25) is 4.57 Å². The quantitative estimate of drug-likeness (QED) is 0.908. The number of aromatic nitrogens is 3. The van der Waals surface area contributed by atoms with Crippen molar-refractivity contribution in [3.8, 4) is 6.07 Å². The Balaban J connectivity index is 2.10. The molecule has 0 saturated carbocycles. The van der Waals surface area contributed by atoms with Gasteiger partial charge < -0.3 is 9.64 Å². The van der Waals surface area contributed by atoms with Gasteiger partial charge in [0.15, 0.2) is 17.5 Å². The average molecular weight is 349 g/mol. The number of nitriles is 1. The summed E-state index contributed by atoms with van der Waals surface area (Å²) in [4.78, 5) is 13.4. The molecule has 1 aliphatic heterocycles. The lowest BCUT2D eigenvalue weighted by molar-refractivity contribution is 0.118. The lowest BCUT2D eigenvalue weighted by Gasteiger charge is -2.26. The van der Waals surface area contributed by atoms with Gasteiger partial charge >= 0.3 is 5.69 Å². The van der Waals surface area contributed by atoms with Gasteiger partial charge in [0.25, 0.3) is 0 Å². The first-order valence-electron chi connectivity index (χ1n) is 7.83. The third kappa shape index (κ3) is 2.89. The Kier molecular flexibility index (Phi) is 4.55. The van der Waals surface area contributed by atoms with E-state index in [2.05, 4.69) is 10.2 Å². The number of benzene rings is 1. The zero-order chi connectivity index (χ0) is 18.1. The lowest BCUT2D eigenvalue weighted by atomic mass is 10.1. The smallest absolute Gasteiger partial charge is 0.343 e. The molecule has 1 aromatic heterocycles. The molecular weight excluding hydrogens is 332 g/mol. The zero-order valence-corrected chi connectivity index (χ0v) is 13.8. The van der Waals surface area contributed by atoms with Crippen LogP contribution in [-0.4, -0.2) is 34.5 Å². The SMILES string of the molecule is CCn1c([C@@H]2C[C@H](OC)CN2c2c(F)cc(C#N)cc2F)n[nH]c1=O. The van der Waals surface area contributed by atoms with Crippen LogP contribution in [0.2, 0.25) is 0 Å². The fourth-order valence-electron chi connectivity index (χ4n) is 3.25. The Bertz CT molecular complexity index is 862. The van der Waals surface area contributed by atoms with Crippen molar-refractivity contribution in [1.82, 2.24) is 14.8 Å². The van der Waals surface area contributed by atoms with E-state index in [1.807, 2.05) is 0 Å². The van der Waals surface area contributed by atoms with E-state index in [-0.39, 0.29) is 29.6 Å². The van der Waals surface area contributed by atoms with Crippen LogP contribution < -0.4 is 10.6 Å². The van der Waals surface area contributed by atoms with E-state index in [4.69, 9.17) is 10.00 Å². The van der Waals surface area contributed by atoms with Crippen molar-refractivity contribution >= 4 is 5.69 Å². The minimum atomic E-state index is -0.834. The first kappa shape index (κ1) is 17.1. The van der Waals surface area contributed by atoms with Crippen LogP contribution in [0.1, 0.15) is 30.8 Å². The highest BCUT2D eigenvalue weighted by Crippen LogP contribution is 2.39. The molecule has 0 aliphatic carbocycles. The van der Waals surface area contributed by atoms with Crippen molar-refractivity contribution in [3.63, 3.8) is 0 Å². The van der Waals surface area contributed by atoms with Gasteiger partial charge in [-0.25, -0.2) is 18.7 Å². The van der Waals surface area contributed by atoms with E-state index < -0.39 is 17.7 Å². The third-order valence-electron chi connectivity index (χ3n) is 4.43. The summed E-state index contributed by atoms with van der Waals surface area (Å²) in [5.41, 5.74) is -0.719. The number of aromatic amines is 1. The standard InChI is InChI=1S/C16H17F2N5O2/c1-3-22-15(20-21-16(22)24)13-6-10(25-2)8-23(13)14-11(17)4-9(7-19)5-12(14)18/h4-5,10,13H,3,6,8H2,1-2H3,(H,21,24)/t10-,13-/m0/s1. The van der Waals surface area contributed by atoms with E-state index in [1.165, 1.54) is 16.6 Å². The molecule has 1 aliphatic rings. The lowest BCUT2D eigenvalue weighted by Crippen LogP contribution is -2.29. The van der Waals surface area contributed by atoms with Crippen molar-refractivity contribution in [2.75, 3.05) is 18.6 Å². The van der Waals surface area contributed by atoms with Crippen molar-refractivity contribution in [1.29, 1.82) is 5.26 Å². The summed E-state index contributed by atoms with van der Waals surface area (Å²) < 4.78 is 35.8. The van der Waals surface area contributed by atoms with Crippen molar-refractivity contribution in [3.05, 3.63) is 45.6 Å². The molecule has 0 spiro atoms. The third-order valence-corrected chi connectivity index (χ3v) is 4.43. The molecule has 2 aromatic rings. The van der Waals surface area contributed by atoms with Crippen LogP contribution in [0, 0.1) is 23.0 Å². The van der Waals surface area contributed by atoms with Gasteiger partial charge in [0.1, 0.15) is 5.69 Å². The summed E-state index contributed by atoms with van der Waals surface area (Å²) in [6.45, 7) is 2.41. The Morgan fingerprint density at radius 3 is 2.68 bits per heavy atom. The molecule has 1 saturated heterocycles. The molecule has 25 heavy (non-hydrogen) atoms. The van der Waals surface area contributed by atoms with E-state index in [9.17, 15) is 13.6 Å². The summed E-state index contributed by atoms with van der Waals surface area (Å²) in [5.74, 6) is -1.27. The van der Waals surface area contributed by atoms with Crippen molar-refractivity contribution in [2.24, 2.45) is 0 Å². The molecular formula is C16H17F2N5O2. The molecule has 0 unspecified atom stereocenters. The monoisotopic (exact) mass is 349 g/mol. The maximum Gasteiger partial charge on any atom is 0.343 e. The molecule has 132 valence electrons. The number of halogens is 2. The van der Waals surface area contributed by atoms with Gasteiger partial charge in [0.2, 0.25) is 0 Å². The highest BCUT2D eigenvalue weighted by molar-refractivity contribution is 5.55. The molecule has 0 amide bonds. The zero-order valence-electron chi connectivity index (χ0n) is 13.8. The number of hydrogen-bond acceptors (Lipinski definition) is 5. The van der Waals surface area contributed by atoms with Crippen LogP contribution in [0.25, 0.3) is 0 Å². The normalized spacial score (nSPS) is 20.0. The van der Waals surface area contributed by atoms with Gasteiger partial charge in [-0.15, -0.1) is 0 Å². The summed E-state index contributed by atoms with van der Waals surface area (Å²) >= 11 is 0. The van der Waals surface area contributed by atoms with Crippen LogP contribution in [-0.2, 0) is 11.3 Å². The molecule has 2 atom stereocenters. The van der Waals surface area contributed by atoms with Crippen molar-refractivity contribution < 1.29 is 13.5 Å². The Morgan fingerprint density at radius 1 is 1.44 bits per heavy atom. The molecule has 0 bridgehead atoms. The fraction of sp³-hybridized carbons (Fsp3) is 0.438. The second-order valence-electron chi connectivity index (χ2n) is 5.79. The molecule has 0 radical (unpaired) electrons. The van der Waals surface area contributed by atoms with Crippen molar-refractivity contribution in [2.45, 2.75) is 32.0 Å². The first-order valence-corrected chi connectivity index (χ1v) is 7.83. The predicted molar refractivity (Wildman–Crippen MR) is 85.1 cm³/mol. The molecule has 1 fully saturated rings. The molecule has 3 rings (SSSR count). The molecule has 9 heteroatoms. The predicted octanol–water partition coefficient (Wildman–Crippen LogP) is 1.71. The summed E-state index contributed by atoms with van der Waals surface area (Å²) in [6.07, 6.45) is 0.163. The summed E-state index contributed by atoms with van der Waals surface area (Å²) in [5, 5.41) is 15.3. The maximum absolute atomic E-state index is 14.5. The van der Waals surface area contributed by atoms with Gasteiger partial charge in [-0.2, -0.15) is 10.4 Å². The van der Waals surface area contributed by atoms with Crippen LogP contribution in [0.15, 0.2) is 16.9 Å². The van der Waals surface area contributed by atoms with E-state index in [0.717, 1.165) is 12.1 Å². The number of anilines is 1.